The van der Waals surface area contributed by atoms with Crippen LogP contribution in [0.2, 0.25) is 0 Å². The normalized spacial score (nSPS) is 24.9. The molecule has 0 spiro atoms. The number of carbonyl (C=O) groups is 2. The molecule has 7 heteroatoms. The topological polar surface area (TPSA) is 72.8 Å². The molecule has 0 radical (unpaired) electrons. The van der Waals surface area contributed by atoms with Gasteiger partial charge in [-0.05, 0) is 69.1 Å². The minimum absolute atomic E-state index is 0.0708. The summed E-state index contributed by atoms with van der Waals surface area (Å²) >= 11 is 0. The number of hydrogen-bond donors (Lipinski definition) is 1. The Balaban J connectivity index is 1.77. The van der Waals surface area contributed by atoms with Crippen molar-refractivity contribution in [1.82, 2.24) is 14.8 Å². The molecule has 1 aromatic carbocycles. The second-order valence-electron chi connectivity index (χ2n) is 10.7. The molecule has 1 fully saturated rings. The molecule has 34 heavy (non-hydrogen) atoms. The summed E-state index contributed by atoms with van der Waals surface area (Å²) in [5.74, 6) is 2.28. The zero-order chi connectivity index (χ0) is 24.6. The maximum atomic E-state index is 13.9. The number of ether oxygens (including phenoxy) is 2. The van der Waals surface area contributed by atoms with E-state index in [1.54, 1.807) is 19.1 Å². The van der Waals surface area contributed by atoms with Gasteiger partial charge in [-0.2, -0.15) is 0 Å². The Hall–Kier alpha value is -2.70. The zero-order valence-electron chi connectivity index (χ0n) is 21.4. The van der Waals surface area contributed by atoms with Crippen LogP contribution in [0, 0.1) is 11.8 Å². The van der Waals surface area contributed by atoms with Gasteiger partial charge >= 0.3 is 0 Å². The van der Waals surface area contributed by atoms with Crippen molar-refractivity contribution in [3.05, 3.63) is 23.9 Å². The first-order valence-corrected chi connectivity index (χ1v) is 12.6. The Kier molecular flexibility index (Phi) is 6.83. The highest BCUT2D eigenvalue weighted by Crippen LogP contribution is 2.40. The number of rotatable bonds is 7. The Labute approximate surface area is 202 Å². The summed E-state index contributed by atoms with van der Waals surface area (Å²) in [6, 6.07) is 5.75. The number of nitrogens with one attached hydrogen (secondary N) is 1. The van der Waals surface area contributed by atoms with Gasteiger partial charge in [0, 0.05) is 18.0 Å². The van der Waals surface area contributed by atoms with Crippen LogP contribution in [0.25, 0.3) is 10.9 Å². The van der Waals surface area contributed by atoms with E-state index in [1.807, 2.05) is 29.7 Å². The van der Waals surface area contributed by atoms with Crippen LogP contribution in [0.15, 0.2) is 18.2 Å². The maximum Gasteiger partial charge on any atom is 0.271 e. The molecule has 2 heterocycles. The molecule has 186 valence electrons. The summed E-state index contributed by atoms with van der Waals surface area (Å²) < 4.78 is 13.2. The van der Waals surface area contributed by atoms with Crippen molar-refractivity contribution >= 4 is 22.7 Å². The summed E-state index contributed by atoms with van der Waals surface area (Å²) in [5.41, 5.74) is 0.361. The molecular formula is C27H39N3O4. The van der Waals surface area contributed by atoms with Crippen LogP contribution in [-0.4, -0.2) is 53.6 Å². The van der Waals surface area contributed by atoms with Crippen molar-refractivity contribution in [3.8, 4) is 11.5 Å². The fourth-order valence-electron chi connectivity index (χ4n) is 5.44. The molecule has 2 amide bonds. The first kappa shape index (κ1) is 24.4. The molecule has 0 unspecified atom stereocenters. The minimum Gasteiger partial charge on any atom is -0.496 e. The average Bonchev–Trinajstić information content (AvgIpc) is 3.19. The van der Waals surface area contributed by atoms with Gasteiger partial charge in [-0.25, -0.2) is 0 Å². The smallest absolute Gasteiger partial charge is 0.271 e. The minimum atomic E-state index is -0.998. The monoisotopic (exact) mass is 469 g/mol. The van der Waals surface area contributed by atoms with E-state index in [0.29, 0.717) is 42.1 Å². The van der Waals surface area contributed by atoms with E-state index >= 15 is 0 Å². The molecule has 0 bridgehead atoms. The predicted molar refractivity (Wildman–Crippen MR) is 134 cm³/mol. The zero-order valence-corrected chi connectivity index (χ0v) is 21.4. The summed E-state index contributed by atoms with van der Waals surface area (Å²) in [6.07, 6.45) is 5.07. The highest BCUT2D eigenvalue weighted by molar-refractivity contribution is 6.05. The van der Waals surface area contributed by atoms with Crippen molar-refractivity contribution in [1.29, 1.82) is 0 Å². The predicted octanol–water partition coefficient (Wildman–Crippen LogP) is 4.61. The Morgan fingerprint density at radius 3 is 2.41 bits per heavy atom. The average molecular weight is 470 g/mol. The van der Waals surface area contributed by atoms with Crippen LogP contribution >= 0.6 is 0 Å². The van der Waals surface area contributed by atoms with Crippen LogP contribution in [-0.2, 0) is 11.3 Å². The molecule has 1 aliphatic carbocycles. The third-order valence-electron chi connectivity index (χ3n) is 7.72. The van der Waals surface area contributed by atoms with Gasteiger partial charge in [-0.3, -0.25) is 9.59 Å². The highest BCUT2D eigenvalue weighted by Gasteiger charge is 2.48. The molecule has 2 aliphatic rings. The Bertz CT molecular complexity index is 1070. The van der Waals surface area contributed by atoms with Crippen LogP contribution < -0.4 is 14.8 Å². The van der Waals surface area contributed by atoms with Crippen molar-refractivity contribution < 1.29 is 19.1 Å². The van der Waals surface area contributed by atoms with E-state index in [4.69, 9.17) is 9.47 Å². The third kappa shape index (κ3) is 4.25. The first-order chi connectivity index (χ1) is 16.2. The van der Waals surface area contributed by atoms with Gasteiger partial charge in [-0.1, -0.05) is 20.8 Å². The molecule has 1 N–H and O–H groups in total. The largest absolute Gasteiger partial charge is 0.496 e. The molecule has 0 saturated heterocycles. The SMILES string of the molecule is COc1ccc(OC)c2c1cc1n2C[C@@](C)(C(=O)NC2CCC(C)CC2)N(CCC(C)C)C1=O. The van der Waals surface area contributed by atoms with Crippen molar-refractivity contribution in [2.24, 2.45) is 11.8 Å². The van der Waals surface area contributed by atoms with E-state index in [9.17, 15) is 9.59 Å². The fraction of sp³-hybridized carbons (Fsp3) is 0.630. The quantitative estimate of drug-likeness (QED) is 0.643. The van der Waals surface area contributed by atoms with Crippen molar-refractivity contribution in [3.63, 3.8) is 0 Å². The number of amides is 2. The van der Waals surface area contributed by atoms with Crippen LogP contribution in [0.5, 0.6) is 11.5 Å². The lowest BCUT2D eigenvalue weighted by molar-refractivity contribution is -0.134. The molecule has 4 rings (SSSR count). The molecule has 1 aliphatic heterocycles. The van der Waals surface area contributed by atoms with Crippen molar-refractivity contribution in [2.45, 2.75) is 77.9 Å². The molecule has 1 atom stereocenters. The van der Waals surface area contributed by atoms with Gasteiger partial charge in [-0.15, -0.1) is 0 Å². The lowest BCUT2D eigenvalue weighted by Gasteiger charge is -2.45. The lowest BCUT2D eigenvalue weighted by Crippen LogP contribution is -2.65. The van der Waals surface area contributed by atoms with E-state index in [1.165, 1.54) is 0 Å². The number of hydrogen-bond acceptors (Lipinski definition) is 4. The van der Waals surface area contributed by atoms with Crippen LogP contribution in [0.1, 0.15) is 70.3 Å². The lowest BCUT2D eigenvalue weighted by atomic mass is 9.86. The van der Waals surface area contributed by atoms with E-state index in [2.05, 4.69) is 26.1 Å². The fourth-order valence-corrected chi connectivity index (χ4v) is 5.44. The summed E-state index contributed by atoms with van der Waals surface area (Å²) in [5, 5.41) is 4.13. The Morgan fingerprint density at radius 1 is 1.15 bits per heavy atom. The number of fused-ring (bicyclic) bond motifs is 3. The molecular weight excluding hydrogens is 430 g/mol. The number of methoxy groups -OCH3 is 2. The van der Waals surface area contributed by atoms with Crippen LogP contribution in [0.4, 0.5) is 0 Å². The number of aromatic nitrogens is 1. The van der Waals surface area contributed by atoms with Gasteiger partial charge < -0.3 is 24.3 Å². The van der Waals surface area contributed by atoms with Gasteiger partial charge in [0.15, 0.2) is 0 Å². The second-order valence-corrected chi connectivity index (χ2v) is 10.7. The standard InChI is InChI=1S/C27H39N3O4/c1-17(2)13-14-30-25(31)21-15-20-22(33-5)11-12-23(34-6)24(20)29(21)16-27(30,4)26(32)28-19-9-7-18(3)8-10-19/h11-12,15,17-19H,7-10,13-14,16H2,1-6H3,(H,28,32)/t18?,19?,27-/m0/s1. The molecule has 7 nitrogen and oxygen atoms in total. The summed E-state index contributed by atoms with van der Waals surface area (Å²) in [6.45, 7) is 9.37. The van der Waals surface area contributed by atoms with E-state index in [-0.39, 0.29) is 17.9 Å². The van der Waals surface area contributed by atoms with Gasteiger partial charge in [0.25, 0.3) is 5.91 Å². The molecule has 1 aromatic heterocycles. The molecule has 2 aromatic rings. The van der Waals surface area contributed by atoms with Crippen molar-refractivity contribution in [2.75, 3.05) is 20.8 Å². The number of benzene rings is 1. The van der Waals surface area contributed by atoms with Gasteiger partial charge in [0.1, 0.15) is 22.7 Å². The number of nitrogens with zero attached hydrogens (tertiary/aromatic N) is 2. The van der Waals surface area contributed by atoms with Gasteiger partial charge in [0.2, 0.25) is 5.91 Å². The van der Waals surface area contributed by atoms with Gasteiger partial charge in [0.05, 0.1) is 26.3 Å². The van der Waals surface area contributed by atoms with Crippen LogP contribution in [0.3, 0.4) is 0 Å². The summed E-state index contributed by atoms with van der Waals surface area (Å²) in [4.78, 5) is 29.5. The Morgan fingerprint density at radius 2 is 1.79 bits per heavy atom. The second kappa shape index (κ2) is 9.51. The maximum absolute atomic E-state index is 13.9. The van der Waals surface area contributed by atoms with E-state index < -0.39 is 5.54 Å². The third-order valence-corrected chi connectivity index (χ3v) is 7.72. The van der Waals surface area contributed by atoms with E-state index in [0.717, 1.165) is 43.0 Å². The number of carbonyl (C=O) groups excluding carboxylic acids is 2. The molecule has 1 saturated carbocycles. The summed E-state index contributed by atoms with van der Waals surface area (Å²) in [7, 11) is 3.24. The highest BCUT2D eigenvalue weighted by atomic mass is 16.5. The first-order valence-electron chi connectivity index (χ1n) is 12.6.